The summed E-state index contributed by atoms with van der Waals surface area (Å²) in [6.07, 6.45) is 0. The molecule has 0 bridgehead atoms. The molecule has 0 saturated heterocycles. The van der Waals surface area contributed by atoms with E-state index in [0.717, 1.165) is 41.4 Å². The second kappa shape index (κ2) is 7.15. The number of nitrogens with zero attached hydrogens (tertiary/aromatic N) is 1. The Kier molecular flexibility index (Phi) is 6.17. The molecule has 0 fully saturated rings. The Morgan fingerprint density at radius 1 is 1.31 bits per heavy atom. The van der Waals surface area contributed by atoms with Crippen molar-refractivity contribution in [3.63, 3.8) is 0 Å². The van der Waals surface area contributed by atoms with Gasteiger partial charge in [-0.25, -0.2) is 0 Å². The number of hydrogen-bond acceptors (Lipinski definition) is 2. The third-order valence-corrected chi connectivity index (χ3v) is 3.99. The van der Waals surface area contributed by atoms with Crippen molar-refractivity contribution in [3.8, 4) is 0 Å². The van der Waals surface area contributed by atoms with E-state index in [0.29, 0.717) is 0 Å². The van der Waals surface area contributed by atoms with E-state index in [2.05, 4.69) is 40.0 Å². The van der Waals surface area contributed by atoms with Crippen LogP contribution in [0.15, 0.2) is 22.7 Å². The minimum atomic E-state index is 0.743. The van der Waals surface area contributed by atoms with Gasteiger partial charge in [-0.05, 0) is 41.2 Å². The molecule has 16 heavy (non-hydrogen) atoms. The normalized spacial score (nSPS) is 10.8. The van der Waals surface area contributed by atoms with Crippen LogP contribution in [0, 0.1) is 0 Å². The van der Waals surface area contributed by atoms with Gasteiger partial charge in [0.2, 0.25) is 0 Å². The van der Waals surface area contributed by atoms with Gasteiger partial charge in [-0.3, -0.25) is 0 Å². The van der Waals surface area contributed by atoms with E-state index in [-0.39, 0.29) is 0 Å². The molecule has 0 aliphatic heterocycles. The van der Waals surface area contributed by atoms with Crippen molar-refractivity contribution in [1.29, 1.82) is 0 Å². The molecule has 0 heterocycles. The van der Waals surface area contributed by atoms with E-state index in [1.165, 1.54) is 0 Å². The first-order valence-electron chi connectivity index (χ1n) is 5.59. The third kappa shape index (κ3) is 3.96. The minimum Gasteiger partial charge on any atom is -0.383 e. The summed E-state index contributed by atoms with van der Waals surface area (Å²) in [7, 11) is 0. The molecule has 0 aliphatic rings. The standard InChI is InChI=1S/C12H18BrClN2/c1-3-16(4-2)9-8-15-11-7-5-6-10(14)12(11)13/h5-7,15H,3-4,8-9H2,1-2H3. The fourth-order valence-electron chi connectivity index (χ4n) is 1.53. The summed E-state index contributed by atoms with van der Waals surface area (Å²) in [6, 6.07) is 5.85. The van der Waals surface area contributed by atoms with E-state index in [4.69, 9.17) is 11.6 Å². The van der Waals surface area contributed by atoms with Crippen LogP contribution < -0.4 is 5.32 Å². The maximum absolute atomic E-state index is 6.01. The summed E-state index contributed by atoms with van der Waals surface area (Å²) < 4.78 is 0.941. The summed E-state index contributed by atoms with van der Waals surface area (Å²) in [5.74, 6) is 0. The Labute approximate surface area is 111 Å². The number of nitrogens with one attached hydrogen (secondary N) is 1. The van der Waals surface area contributed by atoms with Crippen LogP contribution in [0.5, 0.6) is 0 Å². The number of likely N-dealkylation sites (N-methyl/N-ethyl adjacent to an activating group) is 1. The lowest BCUT2D eigenvalue weighted by atomic mass is 10.3. The summed E-state index contributed by atoms with van der Waals surface area (Å²) >= 11 is 9.49. The quantitative estimate of drug-likeness (QED) is 0.858. The lowest BCUT2D eigenvalue weighted by Gasteiger charge is -2.18. The van der Waals surface area contributed by atoms with Crippen molar-refractivity contribution >= 4 is 33.2 Å². The van der Waals surface area contributed by atoms with Gasteiger partial charge in [0.05, 0.1) is 9.50 Å². The second-order valence-corrected chi connectivity index (χ2v) is 4.76. The van der Waals surface area contributed by atoms with Crippen LogP contribution >= 0.6 is 27.5 Å². The molecular weight excluding hydrogens is 288 g/mol. The van der Waals surface area contributed by atoms with Crippen molar-refractivity contribution in [2.24, 2.45) is 0 Å². The zero-order valence-electron chi connectivity index (χ0n) is 9.76. The largest absolute Gasteiger partial charge is 0.383 e. The summed E-state index contributed by atoms with van der Waals surface area (Å²) in [6.45, 7) is 8.52. The molecule has 2 nitrogen and oxygen atoms in total. The zero-order chi connectivity index (χ0) is 12.0. The Hall–Kier alpha value is -0.250. The molecule has 0 atom stereocenters. The van der Waals surface area contributed by atoms with E-state index < -0.39 is 0 Å². The lowest BCUT2D eigenvalue weighted by molar-refractivity contribution is 0.316. The highest BCUT2D eigenvalue weighted by Crippen LogP contribution is 2.29. The van der Waals surface area contributed by atoms with Crippen molar-refractivity contribution < 1.29 is 0 Å². The molecule has 1 aromatic carbocycles. The summed E-state index contributed by atoms with van der Waals surface area (Å²) in [4.78, 5) is 2.38. The van der Waals surface area contributed by atoms with Crippen molar-refractivity contribution in [1.82, 2.24) is 4.90 Å². The topological polar surface area (TPSA) is 15.3 Å². The molecular formula is C12H18BrClN2. The van der Waals surface area contributed by atoms with Gasteiger partial charge in [-0.1, -0.05) is 31.5 Å². The Balaban J connectivity index is 2.46. The van der Waals surface area contributed by atoms with Crippen LogP contribution in [0.4, 0.5) is 5.69 Å². The minimum absolute atomic E-state index is 0.743. The van der Waals surface area contributed by atoms with Gasteiger partial charge in [-0.2, -0.15) is 0 Å². The van der Waals surface area contributed by atoms with Gasteiger partial charge < -0.3 is 10.2 Å². The highest BCUT2D eigenvalue weighted by atomic mass is 79.9. The first kappa shape index (κ1) is 13.8. The number of halogens is 2. The average molecular weight is 306 g/mol. The molecule has 1 N–H and O–H groups in total. The van der Waals surface area contributed by atoms with Gasteiger partial charge in [0.25, 0.3) is 0 Å². The van der Waals surface area contributed by atoms with E-state index in [1.54, 1.807) is 0 Å². The van der Waals surface area contributed by atoms with Crippen LogP contribution in [0.3, 0.4) is 0 Å². The number of anilines is 1. The fraction of sp³-hybridized carbons (Fsp3) is 0.500. The second-order valence-electron chi connectivity index (χ2n) is 3.56. The Morgan fingerprint density at radius 2 is 2.00 bits per heavy atom. The lowest BCUT2D eigenvalue weighted by Crippen LogP contribution is -2.28. The van der Waals surface area contributed by atoms with Gasteiger partial charge in [-0.15, -0.1) is 0 Å². The van der Waals surface area contributed by atoms with Crippen LogP contribution in [0.2, 0.25) is 5.02 Å². The highest BCUT2D eigenvalue weighted by molar-refractivity contribution is 9.10. The Morgan fingerprint density at radius 3 is 2.62 bits per heavy atom. The molecule has 0 aromatic heterocycles. The molecule has 0 saturated carbocycles. The number of hydrogen-bond donors (Lipinski definition) is 1. The zero-order valence-corrected chi connectivity index (χ0v) is 12.1. The molecule has 0 unspecified atom stereocenters. The molecule has 0 aliphatic carbocycles. The van der Waals surface area contributed by atoms with Crippen LogP contribution in [-0.4, -0.2) is 31.1 Å². The van der Waals surface area contributed by atoms with Crippen LogP contribution in [0.25, 0.3) is 0 Å². The van der Waals surface area contributed by atoms with Crippen LogP contribution in [0.1, 0.15) is 13.8 Å². The predicted octanol–water partition coefficient (Wildman–Crippen LogP) is 3.86. The van der Waals surface area contributed by atoms with Crippen LogP contribution in [-0.2, 0) is 0 Å². The summed E-state index contributed by atoms with van der Waals surface area (Å²) in [5.41, 5.74) is 1.06. The first-order valence-corrected chi connectivity index (χ1v) is 6.76. The van der Waals surface area contributed by atoms with Gasteiger partial charge >= 0.3 is 0 Å². The fourth-order valence-corrected chi connectivity index (χ4v) is 2.11. The molecule has 4 heteroatoms. The highest BCUT2D eigenvalue weighted by Gasteiger charge is 2.03. The van der Waals surface area contributed by atoms with E-state index in [1.807, 2.05) is 18.2 Å². The molecule has 1 aromatic rings. The number of rotatable bonds is 6. The average Bonchev–Trinajstić information content (AvgIpc) is 2.30. The Bertz CT molecular complexity index is 327. The maximum atomic E-state index is 6.01. The van der Waals surface area contributed by atoms with Gasteiger partial charge in [0.15, 0.2) is 0 Å². The maximum Gasteiger partial charge on any atom is 0.0593 e. The monoisotopic (exact) mass is 304 g/mol. The van der Waals surface area contributed by atoms with Crippen molar-refractivity contribution in [2.45, 2.75) is 13.8 Å². The predicted molar refractivity (Wildman–Crippen MR) is 75.4 cm³/mol. The smallest absolute Gasteiger partial charge is 0.0593 e. The van der Waals surface area contributed by atoms with E-state index >= 15 is 0 Å². The summed E-state index contributed by atoms with van der Waals surface area (Å²) in [5, 5.41) is 4.12. The number of benzene rings is 1. The van der Waals surface area contributed by atoms with Gasteiger partial charge in [0.1, 0.15) is 0 Å². The third-order valence-electron chi connectivity index (χ3n) is 2.59. The van der Waals surface area contributed by atoms with Crippen molar-refractivity contribution in [2.75, 3.05) is 31.5 Å². The first-order chi connectivity index (χ1) is 7.69. The van der Waals surface area contributed by atoms with Gasteiger partial charge in [0, 0.05) is 18.8 Å². The molecule has 0 radical (unpaired) electrons. The van der Waals surface area contributed by atoms with E-state index in [9.17, 15) is 0 Å². The van der Waals surface area contributed by atoms with Crippen molar-refractivity contribution in [3.05, 3.63) is 27.7 Å². The molecule has 1 rings (SSSR count). The molecule has 90 valence electrons. The molecule has 0 amide bonds. The molecule has 0 spiro atoms. The SMILES string of the molecule is CCN(CC)CCNc1cccc(Cl)c1Br.